The maximum absolute atomic E-state index is 12.1. The number of hydrogen-bond donors (Lipinski definition) is 3. The van der Waals surface area contributed by atoms with Gasteiger partial charge in [0.2, 0.25) is 0 Å². The number of rotatable bonds is 6. The van der Waals surface area contributed by atoms with Gasteiger partial charge in [0.05, 0.1) is 16.9 Å². The molecule has 0 radical (unpaired) electrons. The summed E-state index contributed by atoms with van der Waals surface area (Å²) in [7, 11) is 1.72. The molecular weight excluding hydrogens is 519 g/mol. The second-order valence-corrected chi connectivity index (χ2v) is 9.19. The Morgan fingerprint density at radius 1 is 1.09 bits per heavy atom. The monoisotopic (exact) mass is 556 g/mol. The van der Waals surface area contributed by atoms with E-state index in [1.54, 1.807) is 7.05 Å². The van der Waals surface area contributed by atoms with Gasteiger partial charge in [-0.2, -0.15) is 5.10 Å². The van der Waals surface area contributed by atoms with Gasteiger partial charge in [0.25, 0.3) is 0 Å². The van der Waals surface area contributed by atoms with Crippen LogP contribution in [-0.2, 0) is 11.3 Å². The number of halogens is 1. The molecule has 0 aliphatic heterocycles. The van der Waals surface area contributed by atoms with Crippen LogP contribution in [0.5, 0.6) is 0 Å². The van der Waals surface area contributed by atoms with E-state index < -0.39 is 17.2 Å². The molecule has 3 N–H and O–H groups in total. The van der Waals surface area contributed by atoms with Crippen LogP contribution in [0, 0.1) is 13.8 Å². The van der Waals surface area contributed by atoms with Gasteiger partial charge in [0, 0.05) is 31.4 Å². The van der Waals surface area contributed by atoms with Crippen LogP contribution in [-0.4, -0.2) is 46.6 Å². The molecule has 32 heavy (non-hydrogen) atoms. The second kappa shape index (κ2) is 11.5. The quantitative estimate of drug-likeness (QED) is 0.284. The molecule has 1 heterocycles. The normalized spacial score (nSPS) is 12.1. The summed E-state index contributed by atoms with van der Waals surface area (Å²) in [4.78, 5) is 16.4. The Morgan fingerprint density at radius 3 is 2.28 bits per heavy atom. The summed E-state index contributed by atoms with van der Waals surface area (Å²) in [6.07, 6.45) is -0.443. The van der Waals surface area contributed by atoms with Crippen molar-refractivity contribution in [2.75, 3.05) is 13.6 Å². The Labute approximate surface area is 208 Å². The van der Waals surface area contributed by atoms with Crippen LogP contribution in [0.15, 0.2) is 35.3 Å². The molecule has 9 heteroatoms. The van der Waals surface area contributed by atoms with E-state index in [0.717, 1.165) is 22.6 Å². The largest absolute Gasteiger partial charge is 0.444 e. The average molecular weight is 556 g/mol. The highest BCUT2D eigenvalue weighted by Gasteiger charge is 2.25. The topological polar surface area (TPSA) is 92.6 Å². The number of carbonyl (C=O) groups is 1. The predicted octanol–water partition coefficient (Wildman–Crippen LogP) is 4.08. The molecule has 0 unspecified atom stereocenters. The summed E-state index contributed by atoms with van der Waals surface area (Å²) in [5.74, 6) is 0.644. The first-order valence-electron chi connectivity index (χ1n) is 10.5. The molecule has 1 aromatic heterocycles. The van der Waals surface area contributed by atoms with Gasteiger partial charge in [-0.25, -0.2) is 9.48 Å². The highest BCUT2D eigenvalue weighted by Crippen LogP contribution is 2.17. The van der Waals surface area contributed by atoms with Gasteiger partial charge >= 0.3 is 6.09 Å². The molecule has 2 rings (SSSR count). The number of nitrogens with zero attached hydrogens (tertiary/aromatic N) is 3. The van der Waals surface area contributed by atoms with Gasteiger partial charge in [0.1, 0.15) is 5.60 Å². The van der Waals surface area contributed by atoms with Crippen molar-refractivity contribution in [3.8, 4) is 5.69 Å². The first-order chi connectivity index (χ1) is 14.4. The van der Waals surface area contributed by atoms with E-state index in [1.807, 2.05) is 76.6 Å². The van der Waals surface area contributed by atoms with Crippen molar-refractivity contribution in [3.63, 3.8) is 0 Å². The van der Waals surface area contributed by atoms with Crippen molar-refractivity contribution < 1.29 is 9.53 Å². The zero-order chi connectivity index (χ0) is 23.2. The maximum Gasteiger partial charge on any atom is 0.408 e. The SMILES string of the molecule is CN=C(NCc1c(C)nn(-c2ccccc2)c1C)NCC(C)(C)NC(=O)OC(C)(C)C.I. The highest BCUT2D eigenvalue weighted by atomic mass is 127. The van der Waals surface area contributed by atoms with E-state index in [-0.39, 0.29) is 24.0 Å². The predicted molar refractivity (Wildman–Crippen MR) is 140 cm³/mol. The smallest absolute Gasteiger partial charge is 0.408 e. The van der Waals surface area contributed by atoms with Gasteiger partial charge in [0.15, 0.2) is 5.96 Å². The second-order valence-electron chi connectivity index (χ2n) is 9.19. The molecular formula is C23H37IN6O2. The minimum atomic E-state index is -0.537. The Balaban J connectivity index is 0.00000512. The van der Waals surface area contributed by atoms with Crippen molar-refractivity contribution in [2.45, 2.75) is 66.2 Å². The number of benzene rings is 1. The Hall–Kier alpha value is -2.30. The summed E-state index contributed by atoms with van der Waals surface area (Å²) in [6.45, 7) is 14.5. The van der Waals surface area contributed by atoms with E-state index in [1.165, 1.54) is 0 Å². The van der Waals surface area contributed by atoms with Gasteiger partial charge in [-0.1, -0.05) is 18.2 Å². The van der Waals surface area contributed by atoms with Crippen molar-refractivity contribution in [3.05, 3.63) is 47.3 Å². The van der Waals surface area contributed by atoms with E-state index in [9.17, 15) is 4.79 Å². The lowest BCUT2D eigenvalue weighted by Gasteiger charge is -2.29. The van der Waals surface area contributed by atoms with Crippen LogP contribution in [0.25, 0.3) is 5.69 Å². The number of carbonyl (C=O) groups excluding carboxylic acids is 1. The molecule has 1 aromatic carbocycles. The molecule has 0 atom stereocenters. The number of amides is 1. The number of alkyl carbamates (subject to hydrolysis) is 1. The molecule has 0 saturated carbocycles. The van der Waals surface area contributed by atoms with Gasteiger partial charge < -0.3 is 20.7 Å². The van der Waals surface area contributed by atoms with Crippen molar-refractivity contribution in [2.24, 2.45) is 4.99 Å². The van der Waals surface area contributed by atoms with Crippen LogP contribution in [0.3, 0.4) is 0 Å². The molecule has 0 spiro atoms. The molecule has 0 saturated heterocycles. The van der Waals surface area contributed by atoms with Crippen molar-refractivity contribution in [1.82, 2.24) is 25.7 Å². The molecule has 178 valence electrons. The maximum atomic E-state index is 12.1. The number of guanidine groups is 1. The van der Waals surface area contributed by atoms with Crippen molar-refractivity contribution in [1.29, 1.82) is 0 Å². The Kier molecular flexibility index (Phi) is 9.99. The third kappa shape index (κ3) is 8.33. The molecule has 2 aromatic rings. The lowest BCUT2D eigenvalue weighted by atomic mass is 10.1. The molecule has 0 aliphatic carbocycles. The number of aryl methyl sites for hydroxylation is 1. The van der Waals surface area contributed by atoms with Gasteiger partial charge in [-0.15, -0.1) is 24.0 Å². The number of aromatic nitrogens is 2. The minimum Gasteiger partial charge on any atom is -0.444 e. The standard InChI is InChI=1S/C23H36N6O2.HI/c1-16-19(17(2)29(28-16)18-12-10-9-11-13-18)14-25-20(24-8)26-15-23(6,7)27-21(30)31-22(3,4)5;/h9-13H,14-15H2,1-8H3,(H,27,30)(H2,24,25,26);1H. The lowest BCUT2D eigenvalue weighted by molar-refractivity contribution is 0.0474. The van der Waals surface area contributed by atoms with Crippen LogP contribution >= 0.6 is 24.0 Å². The first-order valence-corrected chi connectivity index (χ1v) is 10.5. The van der Waals surface area contributed by atoms with Crippen LogP contribution in [0.2, 0.25) is 0 Å². The fourth-order valence-corrected chi connectivity index (χ4v) is 3.07. The van der Waals surface area contributed by atoms with E-state index in [4.69, 9.17) is 4.74 Å². The van der Waals surface area contributed by atoms with E-state index in [2.05, 4.69) is 33.0 Å². The third-order valence-electron chi connectivity index (χ3n) is 4.64. The van der Waals surface area contributed by atoms with Crippen LogP contribution < -0.4 is 16.0 Å². The zero-order valence-corrected chi connectivity index (χ0v) is 22.7. The summed E-state index contributed by atoms with van der Waals surface area (Å²) < 4.78 is 7.30. The fraction of sp³-hybridized carbons (Fsp3) is 0.522. The van der Waals surface area contributed by atoms with Crippen LogP contribution in [0.1, 0.15) is 51.6 Å². The first kappa shape index (κ1) is 27.7. The highest BCUT2D eigenvalue weighted by molar-refractivity contribution is 14.0. The molecule has 0 bridgehead atoms. The minimum absolute atomic E-state index is 0. The summed E-state index contributed by atoms with van der Waals surface area (Å²) >= 11 is 0. The summed E-state index contributed by atoms with van der Waals surface area (Å²) in [6, 6.07) is 10.1. The Bertz CT molecular complexity index is 917. The molecule has 1 amide bonds. The number of hydrogen-bond acceptors (Lipinski definition) is 4. The van der Waals surface area contributed by atoms with E-state index >= 15 is 0 Å². The average Bonchev–Trinajstić information content (AvgIpc) is 2.94. The summed E-state index contributed by atoms with van der Waals surface area (Å²) in [5.41, 5.74) is 3.15. The molecule has 0 fully saturated rings. The molecule has 8 nitrogen and oxygen atoms in total. The zero-order valence-electron chi connectivity index (χ0n) is 20.4. The molecule has 0 aliphatic rings. The number of para-hydroxylation sites is 1. The number of ether oxygens (including phenoxy) is 1. The van der Waals surface area contributed by atoms with E-state index in [0.29, 0.717) is 19.0 Å². The fourth-order valence-electron chi connectivity index (χ4n) is 3.07. The third-order valence-corrected chi connectivity index (χ3v) is 4.64. The van der Waals surface area contributed by atoms with Gasteiger partial charge in [-0.3, -0.25) is 4.99 Å². The number of aliphatic imine (C=N–C) groups is 1. The summed E-state index contributed by atoms with van der Waals surface area (Å²) in [5, 5.41) is 14.2. The van der Waals surface area contributed by atoms with Crippen molar-refractivity contribution >= 4 is 36.0 Å². The number of nitrogens with one attached hydrogen (secondary N) is 3. The lowest BCUT2D eigenvalue weighted by Crippen LogP contribution is -2.54. The van der Waals surface area contributed by atoms with Gasteiger partial charge in [-0.05, 0) is 60.6 Å². The Morgan fingerprint density at radius 2 is 1.72 bits per heavy atom. The van der Waals surface area contributed by atoms with Crippen LogP contribution in [0.4, 0.5) is 4.79 Å².